The van der Waals surface area contributed by atoms with Gasteiger partial charge in [0.25, 0.3) is 11.1 Å². The van der Waals surface area contributed by atoms with Crippen LogP contribution in [-0.4, -0.2) is 32.6 Å². The summed E-state index contributed by atoms with van der Waals surface area (Å²) in [5, 5.41) is 18.6. The molecule has 10 heteroatoms. The van der Waals surface area contributed by atoms with Crippen LogP contribution in [-0.2, 0) is 4.79 Å². The summed E-state index contributed by atoms with van der Waals surface area (Å²) in [6.07, 6.45) is 0. The molecule has 0 radical (unpaired) electrons. The minimum atomic E-state index is -0.332. The maximum Gasteiger partial charge on any atom is 0.293 e. The number of nitriles is 2. The zero-order chi connectivity index (χ0) is 15.9. The Kier molecular flexibility index (Phi) is 3.83. The molecule has 0 atom stereocenters. The number of hydrogen-bond acceptors (Lipinski definition) is 9. The molecule has 0 unspecified atom stereocenters. The molecule has 0 saturated carbocycles. The van der Waals surface area contributed by atoms with Crippen LogP contribution in [0.3, 0.4) is 0 Å². The van der Waals surface area contributed by atoms with E-state index in [0.29, 0.717) is 25.7 Å². The summed E-state index contributed by atoms with van der Waals surface area (Å²) in [6.45, 7) is 2.05. The molecule has 2 aliphatic heterocycles. The van der Waals surface area contributed by atoms with E-state index in [9.17, 15) is 9.59 Å². The molecule has 0 aromatic carbocycles. The highest BCUT2D eigenvalue weighted by Crippen LogP contribution is 2.53. The Hall–Kier alpha value is -2.01. The third-order valence-corrected chi connectivity index (χ3v) is 6.38. The molecular formula is C12H5N5O2S3. The lowest BCUT2D eigenvalue weighted by molar-refractivity contribution is -0.122. The van der Waals surface area contributed by atoms with Crippen molar-refractivity contribution in [3.05, 3.63) is 20.5 Å². The van der Waals surface area contributed by atoms with Gasteiger partial charge in [-0.25, -0.2) is 9.97 Å². The number of carbonyl (C=O) groups excluding carboxylic acids is 2. The highest BCUT2D eigenvalue weighted by atomic mass is 32.2. The Morgan fingerprint density at radius 1 is 1.05 bits per heavy atom. The number of fused-ring (bicyclic) bond motifs is 1. The first-order chi connectivity index (χ1) is 10.6. The van der Waals surface area contributed by atoms with E-state index in [1.165, 1.54) is 28.4 Å². The topological polar surface area (TPSA) is 111 Å². The lowest BCUT2D eigenvalue weighted by Gasteiger charge is -2.07. The summed E-state index contributed by atoms with van der Waals surface area (Å²) >= 11 is 3.26. The van der Waals surface area contributed by atoms with Crippen LogP contribution in [0, 0.1) is 22.7 Å². The lowest BCUT2D eigenvalue weighted by Crippen LogP contribution is -2.27. The zero-order valence-electron chi connectivity index (χ0n) is 11.0. The third-order valence-electron chi connectivity index (χ3n) is 2.78. The van der Waals surface area contributed by atoms with Crippen molar-refractivity contribution < 1.29 is 9.59 Å². The van der Waals surface area contributed by atoms with Crippen LogP contribution in [0.5, 0.6) is 0 Å². The molecule has 1 aromatic rings. The summed E-state index contributed by atoms with van der Waals surface area (Å²) in [6, 6.07) is 3.65. The van der Waals surface area contributed by atoms with Crippen molar-refractivity contribution in [2.75, 3.05) is 6.54 Å². The number of rotatable bonds is 1. The molecule has 1 saturated heterocycles. The van der Waals surface area contributed by atoms with Gasteiger partial charge >= 0.3 is 0 Å². The number of thioether (sulfide) groups is 3. The molecule has 7 nitrogen and oxygen atoms in total. The van der Waals surface area contributed by atoms with Crippen molar-refractivity contribution in [2.24, 2.45) is 0 Å². The quantitative estimate of drug-likeness (QED) is 0.706. The first-order valence-electron chi connectivity index (χ1n) is 5.95. The number of amides is 2. The molecule has 108 valence electrons. The van der Waals surface area contributed by atoms with Crippen molar-refractivity contribution in [2.45, 2.75) is 17.0 Å². The number of nitrogens with zero attached hydrogens (tertiary/aromatic N) is 5. The molecule has 3 rings (SSSR count). The maximum absolute atomic E-state index is 12.2. The van der Waals surface area contributed by atoms with Crippen molar-refractivity contribution in [1.29, 1.82) is 10.5 Å². The van der Waals surface area contributed by atoms with Gasteiger partial charge in [0, 0.05) is 6.54 Å². The largest absolute Gasteiger partial charge is 0.293 e. The van der Waals surface area contributed by atoms with E-state index < -0.39 is 0 Å². The summed E-state index contributed by atoms with van der Waals surface area (Å²) in [5.41, 5.74) is -0.0884. The van der Waals surface area contributed by atoms with Gasteiger partial charge in [0.05, 0.1) is 4.24 Å². The minimum Gasteiger partial charge on any atom is -0.269 e. The molecule has 0 aliphatic carbocycles. The van der Waals surface area contributed by atoms with Gasteiger partial charge in [-0.05, 0) is 18.7 Å². The summed E-state index contributed by atoms with van der Waals surface area (Å²) < 4.78 is 0.605. The van der Waals surface area contributed by atoms with Crippen molar-refractivity contribution >= 4 is 46.4 Å². The van der Waals surface area contributed by atoms with Gasteiger partial charge in [-0.3, -0.25) is 14.5 Å². The van der Waals surface area contributed by atoms with Gasteiger partial charge in [-0.15, -0.1) is 0 Å². The second-order valence-electron chi connectivity index (χ2n) is 3.99. The molecule has 0 bridgehead atoms. The van der Waals surface area contributed by atoms with Crippen LogP contribution >= 0.6 is 35.3 Å². The van der Waals surface area contributed by atoms with Gasteiger partial charge in [0.2, 0.25) is 0 Å². The van der Waals surface area contributed by atoms with Crippen LogP contribution in [0.2, 0.25) is 0 Å². The molecule has 1 aromatic heterocycles. The van der Waals surface area contributed by atoms with Crippen LogP contribution < -0.4 is 0 Å². The normalized spacial score (nSPS) is 16.8. The Bertz CT molecular complexity index is 791. The van der Waals surface area contributed by atoms with E-state index in [1.54, 1.807) is 6.92 Å². The molecule has 22 heavy (non-hydrogen) atoms. The minimum absolute atomic E-state index is 0.0442. The number of aromatic nitrogens is 2. The molecule has 0 N–H and O–H groups in total. The Balaban J connectivity index is 2.01. The van der Waals surface area contributed by atoms with Gasteiger partial charge < -0.3 is 0 Å². The van der Waals surface area contributed by atoms with E-state index in [0.717, 1.165) is 11.8 Å². The molecule has 1 fully saturated rings. The predicted octanol–water partition coefficient (Wildman–Crippen LogP) is 2.30. The van der Waals surface area contributed by atoms with Gasteiger partial charge in [-0.1, -0.05) is 23.5 Å². The SMILES string of the molecule is CCN1C(=O)SC(=C2Sc3nc(C#N)c(C#N)nc3S2)C1=O. The number of likely N-dealkylation sites (N-methyl/N-ethyl adjacent to an activating group) is 1. The average molecular weight is 347 g/mol. The third kappa shape index (κ3) is 2.25. The monoisotopic (exact) mass is 347 g/mol. The Morgan fingerprint density at radius 2 is 1.59 bits per heavy atom. The van der Waals surface area contributed by atoms with Crippen LogP contribution in [0.1, 0.15) is 18.3 Å². The highest BCUT2D eigenvalue weighted by Gasteiger charge is 2.39. The van der Waals surface area contributed by atoms with Gasteiger partial charge in [0.15, 0.2) is 11.4 Å². The summed E-state index contributed by atoms with van der Waals surface area (Å²) in [4.78, 5) is 33.6. The van der Waals surface area contributed by atoms with Crippen molar-refractivity contribution in [3.63, 3.8) is 0 Å². The second-order valence-corrected chi connectivity index (χ2v) is 7.21. The summed E-state index contributed by atoms with van der Waals surface area (Å²) in [5.74, 6) is -0.332. The van der Waals surface area contributed by atoms with Crippen molar-refractivity contribution in [1.82, 2.24) is 14.9 Å². The number of carbonyl (C=O) groups is 2. The fraction of sp³-hybridized carbons (Fsp3) is 0.167. The van der Waals surface area contributed by atoms with E-state index in [4.69, 9.17) is 10.5 Å². The van der Waals surface area contributed by atoms with E-state index in [-0.39, 0.29) is 22.5 Å². The molecule has 2 amide bonds. The van der Waals surface area contributed by atoms with Gasteiger partial charge in [-0.2, -0.15) is 10.5 Å². The lowest BCUT2D eigenvalue weighted by atomic mass is 10.3. The summed E-state index contributed by atoms with van der Waals surface area (Å²) in [7, 11) is 0. The van der Waals surface area contributed by atoms with E-state index in [1.807, 2.05) is 12.1 Å². The Labute approximate surface area is 137 Å². The average Bonchev–Trinajstić information content (AvgIpc) is 3.05. The van der Waals surface area contributed by atoms with E-state index >= 15 is 0 Å². The standard InChI is InChI=1S/C12H5N5O2S3/c1-2-17-10(18)7(20-12(17)19)11-21-8-9(22-11)16-6(4-14)5(3-13)15-8/h2H2,1H3. The van der Waals surface area contributed by atoms with Crippen LogP contribution in [0.4, 0.5) is 4.79 Å². The predicted molar refractivity (Wildman–Crippen MR) is 80.6 cm³/mol. The first-order valence-corrected chi connectivity index (χ1v) is 8.39. The van der Waals surface area contributed by atoms with Crippen LogP contribution in [0.25, 0.3) is 0 Å². The highest BCUT2D eigenvalue weighted by molar-refractivity contribution is 8.27. The fourth-order valence-corrected chi connectivity index (χ4v) is 5.19. The van der Waals surface area contributed by atoms with Crippen LogP contribution in [0.15, 0.2) is 19.2 Å². The molecular weight excluding hydrogens is 342 g/mol. The number of hydrogen-bond donors (Lipinski definition) is 0. The molecule has 3 heterocycles. The second kappa shape index (κ2) is 5.65. The zero-order valence-corrected chi connectivity index (χ0v) is 13.4. The van der Waals surface area contributed by atoms with Crippen molar-refractivity contribution in [3.8, 4) is 12.1 Å². The molecule has 0 spiro atoms. The maximum atomic E-state index is 12.2. The smallest absolute Gasteiger partial charge is 0.269 e. The number of imide groups is 1. The molecule has 2 aliphatic rings. The fourth-order valence-electron chi connectivity index (χ4n) is 1.78. The van der Waals surface area contributed by atoms with E-state index in [2.05, 4.69) is 9.97 Å². The first kappa shape index (κ1) is 14.9. The Morgan fingerprint density at radius 3 is 2.00 bits per heavy atom. The van der Waals surface area contributed by atoms with Gasteiger partial charge in [0.1, 0.15) is 27.1 Å².